The Bertz CT molecular complexity index is 1220. The lowest BCUT2D eigenvalue weighted by Crippen LogP contribution is -2.29. The zero-order valence-electron chi connectivity index (χ0n) is 23.4. The lowest BCUT2D eigenvalue weighted by Gasteiger charge is -2.24. The standard InChI is InChI=1S/C33H40O5/c1-7-37-30(35)32(3,4)21-23-13-15-25(16-14-23)29(34)26-19-17-24(18-20-26)28-12-10-9-11-27(28)22-33(5,6)31(36)38-8-2/h9-20,29,34H,7-8,21-22H2,1-6H3. The van der Waals surface area contributed by atoms with Crippen LogP contribution in [-0.2, 0) is 31.9 Å². The van der Waals surface area contributed by atoms with E-state index in [2.05, 4.69) is 6.07 Å². The Morgan fingerprint density at radius 1 is 0.711 bits per heavy atom. The third kappa shape index (κ3) is 7.11. The van der Waals surface area contributed by atoms with Crippen molar-refractivity contribution in [3.8, 4) is 11.1 Å². The topological polar surface area (TPSA) is 72.8 Å². The molecule has 1 atom stereocenters. The second-order valence-electron chi connectivity index (χ2n) is 11.0. The van der Waals surface area contributed by atoms with Crippen molar-refractivity contribution < 1.29 is 24.2 Å². The van der Waals surface area contributed by atoms with Crippen LogP contribution in [0, 0.1) is 10.8 Å². The van der Waals surface area contributed by atoms with Crippen LogP contribution in [0.5, 0.6) is 0 Å². The Hall–Kier alpha value is -3.44. The monoisotopic (exact) mass is 516 g/mol. The maximum Gasteiger partial charge on any atom is 0.311 e. The maximum atomic E-state index is 12.4. The highest BCUT2D eigenvalue weighted by Gasteiger charge is 2.31. The van der Waals surface area contributed by atoms with Crippen LogP contribution in [0.4, 0.5) is 0 Å². The summed E-state index contributed by atoms with van der Waals surface area (Å²) >= 11 is 0. The van der Waals surface area contributed by atoms with E-state index >= 15 is 0 Å². The number of esters is 2. The molecule has 1 unspecified atom stereocenters. The highest BCUT2D eigenvalue weighted by atomic mass is 16.5. The first-order valence-electron chi connectivity index (χ1n) is 13.3. The first kappa shape index (κ1) is 29.1. The second-order valence-corrected chi connectivity index (χ2v) is 11.0. The number of rotatable bonds is 11. The average molecular weight is 517 g/mol. The molecular formula is C33H40O5. The number of benzene rings is 3. The van der Waals surface area contributed by atoms with Gasteiger partial charge in [-0.05, 0) is 87.8 Å². The van der Waals surface area contributed by atoms with Crippen LogP contribution in [0.2, 0.25) is 0 Å². The molecule has 202 valence electrons. The number of carbonyl (C=O) groups excluding carboxylic acids is 2. The van der Waals surface area contributed by atoms with Crippen molar-refractivity contribution in [1.82, 2.24) is 0 Å². The van der Waals surface area contributed by atoms with E-state index < -0.39 is 16.9 Å². The van der Waals surface area contributed by atoms with Crippen LogP contribution in [-0.4, -0.2) is 30.3 Å². The van der Waals surface area contributed by atoms with E-state index in [1.165, 1.54) is 0 Å². The summed E-state index contributed by atoms with van der Waals surface area (Å²) in [6.07, 6.45) is 0.351. The van der Waals surface area contributed by atoms with Gasteiger partial charge in [0.05, 0.1) is 24.0 Å². The van der Waals surface area contributed by atoms with Crippen molar-refractivity contribution in [2.24, 2.45) is 10.8 Å². The zero-order chi connectivity index (χ0) is 27.9. The molecule has 0 amide bonds. The molecule has 3 aromatic rings. The van der Waals surface area contributed by atoms with Crippen LogP contribution in [0.3, 0.4) is 0 Å². The van der Waals surface area contributed by atoms with Gasteiger partial charge in [-0.25, -0.2) is 0 Å². The minimum atomic E-state index is -0.769. The van der Waals surface area contributed by atoms with Crippen molar-refractivity contribution in [2.45, 2.75) is 60.5 Å². The molecule has 0 aliphatic carbocycles. The fourth-order valence-electron chi connectivity index (χ4n) is 4.59. The third-order valence-corrected chi connectivity index (χ3v) is 6.78. The molecule has 0 aromatic heterocycles. The molecule has 5 nitrogen and oxygen atoms in total. The van der Waals surface area contributed by atoms with E-state index in [0.29, 0.717) is 26.1 Å². The highest BCUT2D eigenvalue weighted by molar-refractivity contribution is 5.77. The number of ether oxygens (including phenoxy) is 2. The number of aliphatic hydroxyl groups is 1. The molecule has 3 aromatic carbocycles. The Labute approximate surface area is 226 Å². The summed E-state index contributed by atoms with van der Waals surface area (Å²) in [6.45, 7) is 11.9. The Balaban J connectivity index is 1.75. The highest BCUT2D eigenvalue weighted by Crippen LogP contribution is 2.32. The molecule has 0 heterocycles. The predicted octanol–water partition coefficient (Wildman–Crippen LogP) is 6.70. The molecule has 5 heteroatoms. The Morgan fingerprint density at radius 3 is 1.71 bits per heavy atom. The molecule has 0 bridgehead atoms. The van der Waals surface area contributed by atoms with Gasteiger partial charge in [0.15, 0.2) is 0 Å². The first-order valence-corrected chi connectivity index (χ1v) is 13.3. The molecular weight excluding hydrogens is 476 g/mol. The van der Waals surface area contributed by atoms with Crippen molar-refractivity contribution in [2.75, 3.05) is 13.2 Å². The second kappa shape index (κ2) is 12.4. The first-order chi connectivity index (χ1) is 18.0. The van der Waals surface area contributed by atoms with E-state index in [4.69, 9.17) is 9.47 Å². The number of carbonyl (C=O) groups is 2. The number of hydrogen-bond donors (Lipinski definition) is 1. The summed E-state index contributed by atoms with van der Waals surface area (Å²) in [5, 5.41) is 11.0. The van der Waals surface area contributed by atoms with Crippen LogP contribution >= 0.6 is 0 Å². The van der Waals surface area contributed by atoms with Gasteiger partial charge in [-0.15, -0.1) is 0 Å². The normalized spacial score (nSPS) is 12.6. The summed E-state index contributed by atoms with van der Waals surface area (Å²) in [4.78, 5) is 24.7. The van der Waals surface area contributed by atoms with Gasteiger partial charge in [0.2, 0.25) is 0 Å². The predicted molar refractivity (Wildman–Crippen MR) is 151 cm³/mol. The van der Waals surface area contributed by atoms with E-state index in [1.807, 2.05) is 108 Å². The van der Waals surface area contributed by atoms with Crippen molar-refractivity contribution in [3.63, 3.8) is 0 Å². The molecule has 38 heavy (non-hydrogen) atoms. The SMILES string of the molecule is CCOC(=O)C(C)(C)Cc1ccc(C(O)c2ccc(-c3ccccc3CC(C)(C)C(=O)OCC)cc2)cc1. The minimum Gasteiger partial charge on any atom is -0.466 e. The van der Waals surface area contributed by atoms with E-state index in [9.17, 15) is 14.7 Å². The van der Waals surface area contributed by atoms with Crippen LogP contribution < -0.4 is 0 Å². The van der Waals surface area contributed by atoms with Gasteiger partial charge in [-0.3, -0.25) is 9.59 Å². The van der Waals surface area contributed by atoms with Gasteiger partial charge >= 0.3 is 11.9 Å². The summed E-state index contributed by atoms with van der Waals surface area (Å²) in [5.41, 5.74) is 4.47. The molecule has 3 rings (SSSR count). The summed E-state index contributed by atoms with van der Waals surface area (Å²) in [6, 6.07) is 23.7. The molecule has 0 saturated carbocycles. The van der Waals surface area contributed by atoms with Gasteiger partial charge < -0.3 is 14.6 Å². The Kier molecular flexibility index (Phi) is 9.50. The van der Waals surface area contributed by atoms with Gasteiger partial charge in [-0.2, -0.15) is 0 Å². The van der Waals surface area contributed by atoms with Gasteiger partial charge in [0.1, 0.15) is 6.10 Å². The smallest absolute Gasteiger partial charge is 0.311 e. The van der Waals surface area contributed by atoms with E-state index in [-0.39, 0.29) is 11.9 Å². The van der Waals surface area contributed by atoms with Gasteiger partial charge in [0, 0.05) is 0 Å². The average Bonchev–Trinajstić information content (AvgIpc) is 2.89. The fraction of sp³-hybridized carbons (Fsp3) is 0.394. The van der Waals surface area contributed by atoms with Gasteiger partial charge in [0.25, 0.3) is 0 Å². The molecule has 0 radical (unpaired) electrons. The van der Waals surface area contributed by atoms with Crippen LogP contribution in [0.15, 0.2) is 72.8 Å². The maximum absolute atomic E-state index is 12.4. The molecule has 1 N–H and O–H groups in total. The molecule has 0 aliphatic heterocycles. The minimum absolute atomic E-state index is 0.205. The fourth-order valence-corrected chi connectivity index (χ4v) is 4.59. The van der Waals surface area contributed by atoms with Crippen molar-refractivity contribution in [1.29, 1.82) is 0 Å². The van der Waals surface area contributed by atoms with E-state index in [1.54, 1.807) is 0 Å². The zero-order valence-corrected chi connectivity index (χ0v) is 23.4. The third-order valence-electron chi connectivity index (χ3n) is 6.78. The summed E-state index contributed by atoms with van der Waals surface area (Å²) in [5.74, 6) is -0.418. The molecule has 0 aliphatic rings. The molecule has 0 spiro atoms. The van der Waals surface area contributed by atoms with Crippen LogP contribution in [0.1, 0.15) is 69.9 Å². The number of aliphatic hydroxyl groups excluding tert-OH is 1. The summed E-state index contributed by atoms with van der Waals surface area (Å²) in [7, 11) is 0. The Morgan fingerprint density at radius 2 is 1.18 bits per heavy atom. The van der Waals surface area contributed by atoms with Gasteiger partial charge in [-0.1, -0.05) is 72.8 Å². The quantitative estimate of drug-likeness (QED) is 0.287. The van der Waals surface area contributed by atoms with Crippen molar-refractivity contribution >= 4 is 11.9 Å². The van der Waals surface area contributed by atoms with E-state index in [0.717, 1.165) is 33.4 Å². The largest absolute Gasteiger partial charge is 0.466 e. The van der Waals surface area contributed by atoms with Crippen LogP contribution in [0.25, 0.3) is 11.1 Å². The lowest BCUT2D eigenvalue weighted by atomic mass is 9.83. The molecule has 0 saturated heterocycles. The summed E-state index contributed by atoms with van der Waals surface area (Å²) < 4.78 is 10.5. The molecule has 0 fully saturated rings. The van der Waals surface area contributed by atoms with Crippen molar-refractivity contribution in [3.05, 3.63) is 95.1 Å². The number of hydrogen-bond acceptors (Lipinski definition) is 5. The lowest BCUT2D eigenvalue weighted by molar-refractivity contribution is -0.154.